The van der Waals surface area contributed by atoms with Gasteiger partial charge in [-0.05, 0) is 30.5 Å². The number of aliphatic hydroxyl groups is 1. The summed E-state index contributed by atoms with van der Waals surface area (Å²) >= 11 is 0. The van der Waals surface area contributed by atoms with Crippen LogP contribution in [0, 0.1) is 0 Å². The second-order valence-electron chi connectivity index (χ2n) is 5.01. The third-order valence-electron chi connectivity index (χ3n) is 3.60. The van der Waals surface area contributed by atoms with Gasteiger partial charge < -0.3 is 9.67 Å². The Balaban J connectivity index is 2.05. The van der Waals surface area contributed by atoms with Crippen molar-refractivity contribution in [1.29, 1.82) is 0 Å². The van der Waals surface area contributed by atoms with E-state index in [0.717, 1.165) is 35.3 Å². The van der Waals surface area contributed by atoms with Gasteiger partial charge in [-0.3, -0.25) is 0 Å². The Morgan fingerprint density at radius 1 is 1.10 bits per heavy atom. The molecule has 1 aromatic heterocycles. The monoisotopic (exact) mass is 266 g/mol. The van der Waals surface area contributed by atoms with Gasteiger partial charge in [-0.25, -0.2) is 4.98 Å². The van der Waals surface area contributed by atoms with Gasteiger partial charge in [-0.2, -0.15) is 0 Å². The van der Waals surface area contributed by atoms with E-state index >= 15 is 0 Å². The van der Waals surface area contributed by atoms with E-state index in [1.807, 2.05) is 25.2 Å². The van der Waals surface area contributed by atoms with Crippen LogP contribution in [0.4, 0.5) is 0 Å². The molecule has 0 amide bonds. The second kappa shape index (κ2) is 5.47. The molecule has 0 aliphatic heterocycles. The number of nitrogens with zero attached hydrogens (tertiary/aromatic N) is 2. The van der Waals surface area contributed by atoms with E-state index in [9.17, 15) is 0 Å². The summed E-state index contributed by atoms with van der Waals surface area (Å²) in [6.07, 6.45) is 1.69. The number of benzene rings is 2. The predicted octanol–water partition coefficient (Wildman–Crippen LogP) is 3.17. The van der Waals surface area contributed by atoms with Crippen molar-refractivity contribution >= 4 is 11.0 Å². The van der Waals surface area contributed by atoms with E-state index in [0.29, 0.717) is 0 Å². The molecule has 0 aliphatic carbocycles. The fourth-order valence-corrected chi connectivity index (χ4v) is 2.53. The number of aliphatic hydroxyl groups excluding tert-OH is 1. The number of aromatic nitrogens is 2. The highest BCUT2D eigenvalue weighted by atomic mass is 16.2. The van der Waals surface area contributed by atoms with Crippen LogP contribution in [0.3, 0.4) is 0 Å². The fourth-order valence-electron chi connectivity index (χ4n) is 2.53. The molecule has 102 valence electrons. The van der Waals surface area contributed by atoms with Crippen molar-refractivity contribution in [3.05, 3.63) is 54.1 Å². The Bertz CT molecular complexity index is 716. The molecular weight excluding hydrogens is 248 g/mol. The van der Waals surface area contributed by atoms with Crippen LogP contribution >= 0.6 is 0 Å². The van der Waals surface area contributed by atoms with E-state index < -0.39 is 0 Å². The maximum absolute atomic E-state index is 8.92. The van der Waals surface area contributed by atoms with Crippen LogP contribution in [-0.4, -0.2) is 21.3 Å². The topological polar surface area (TPSA) is 38.0 Å². The zero-order valence-corrected chi connectivity index (χ0v) is 11.6. The molecule has 1 N–H and O–H groups in total. The first-order chi connectivity index (χ1) is 9.79. The van der Waals surface area contributed by atoms with Crippen LogP contribution < -0.4 is 0 Å². The largest absolute Gasteiger partial charge is 0.396 e. The lowest BCUT2D eigenvalue weighted by atomic mass is 10.1. The molecule has 0 unspecified atom stereocenters. The van der Waals surface area contributed by atoms with Gasteiger partial charge in [-0.15, -0.1) is 0 Å². The summed E-state index contributed by atoms with van der Waals surface area (Å²) in [5, 5.41) is 8.92. The predicted molar refractivity (Wildman–Crippen MR) is 81.6 cm³/mol. The molecule has 3 nitrogen and oxygen atoms in total. The van der Waals surface area contributed by atoms with Crippen molar-refractivity contribution in [2.45, 2.75) is 12.8 Å². The molecule has 20 heavy (non-hydrogen) atoms. The van der Waals surface area contributed by atoms with E-state index in [2.05, 4.69) is 34.9 Å². The smallest absolute Gasteiger partial charge is 0.140 e. The zero-order valence-electron chi connectivity index (χ0n) is 11.6. The van der Waals surface area contributed by atoms with Crippen molar-refractivity contribution in [3.63, 3.8) is 0 Å². The highest BCUT2D eigenvalue weighted by molar-refractivity contribution is 5.81. The van der Waals surface area contributed by atoms with Crippen LogP contribution in [0.25, 0.3) is 22.4 Å². The van der Waals surface area contributed by atoms with Gasteiger partial charge in [0, 0.05) is 19.2 Å². The van der Waals surface area contributed by atoms with Gasteiger partial charge in [0.15, 0.2) is 0 Å². The number of hydrogen-bond donors (Lipinski definition) is 1. The Labute approximate surface area is 118 Å². The van der Waals surface area contributed by atoms with Crippen molar-refractivity contribution in [1.82, 2.24) is 9.55 Å². The standard InChI is InChI=1S/C17H18N2O/c1-19-16-10-9-13(6-5-11-20)12-15(16)18-17(19)14-7-3-2-4-8-14/h2-4,7-10,12,20H,5-6,11H2,1H3. The first kappa shape index (κ1) is 12.9. The molecule has 2 aromatic carbocycles. The van der Waals surface area contributed by atoms with E-state index in [1.54, 1.807) is 0 Å². The summed E-state index contributed by atoms with van der Waals surface area (Å²) < 4.78 is 2.13. The first-order valence-corrected chi connectivity index (χ1v) is 6.91. The summed E-state index contributed by atoms with van der Waals surface area (Å²) in [5.74, 6) is 0.986. The van der Waals surface area contributed by atoms with E-state index in [4.69, 9.17) is 10.1 Å². The van der Waals surface area contributed by atoms with Crippen LogP contribution in [0.1, 0.15) is 12.0 Å². The molecule has 0 spiro atoms. The molecule has 1 heterocycles. The van der Waals surface area contributed by atoms with Gasteiger partial charge in [0.1, 0.15) is 5.82 Å². The van der Waals surface area contributed by atoms with Gasteiger partial charge in [-0.1, -0.05) is 36.4 Å². The molecule has 0 bridgehead atoms. The minimum absolute atomic E-state index is 0.232. The third-order valence-corrected chi connectivity index (χ3v) is 3.60. The maximum Gasteiger partial charge on any atom is 0.140 e. The zero-order chi connectivity index (χ0) is 13.9. The quantitative estimate of drug-likeness (QED) is 0.787. The molecule has 0 atom stereocenters. The van der Waals surface area contributed by atoms with Crippen molar-refractivity contribution in [2.24, 2.45) is 7.05 Å². The molecular formula is C17H18N2O. The lowest BCUT2D eigenvalue weighted by Gasteiger charge is -2.02. The maximum atomic E-state index is 8.92. The van der Waals surface area contributed by atoms with Crippen LogP contribution in [0.2, 0.25) is 0 Å². The molecule has 0 saturated carbocycles. The summed E-state index contributed by atoms with van der Waals surface area (Å²) in [6.45, 7) is 0.232. The van der Waals surface area contributed by atoms with Gasteiger partial charge in [0.05, 0.1) is 11.0 Å². The van der Waals surface area contributed by atoms with Crippen LogP contribution in [0.15, 0.2) is 48.5 Å². The second-order valence-corrected chi connectivity index (χ2v) is 5.01. The summed E-state index contributed by atoms with van der Waals surface area (Å²) in [4.78, 5) is 4.75. The third kappa shape index (κ3) is 2.32. The van der Waals surface area contributed by atoms with E-state index in [-0.39, 0.29) is 6.61 Å². The lowest BCUT2D eigenvalue weighted by Crippen LogP contribution is -1.92. The highest BCUT2D eigenvalue weighted by Gasteiger charge is 2.09. The van der Waals surface area contributed by atoms with Gasteiger partial charge >= 0.3 is 0 Å². The summed E-state index contributed by atoms with van der Waals surface area (Å²) in [6, 6.07) is 16.6. The Hall–Kier alpha value is -2.13. The van der Waals surface area contributed by atoms with Crippen molar-refractivity contribution in [2.75, 3.05) is 6.61 Å². The van der Waals surface area contributed by atoms with E-state index in [1.165, 1.54) is 5.56 Å². The number of aryl methyl sites for hydroxylation is 2. The Morgan fingerprint density at radius 3 is 2.65 bits per heavy atom. The average molecular weight is 266 g/mol. The fraction of sp³-hybridized carbons (Fsp3) is 0.235. The Kier molecular flexibility index (Phi) is 3.52. The SMILES string of the molecule is Cn1c(-c2ccccc2)nc2cc(CCCO)ccc21. The van der Waals surface area contributed by atoms with Crippen molar-refractivity contribution in [3.8, 4) is 11.4 Å². The van der Waals surface area contributed by atoms with Crippen LogP contribution in [-0.2, 0) is 13.5 Å². The molecule has 3 aromatic rings. The number of hydrogen-bond acceptors (Lipinski definition) is 2. The lowest BCUT2D eigenvalue weighted by molar-refractivity contribution is 0.288. The van der Waals surface area contributed by atoms with Gasteiger partial charge in [0.25, 0.3) is 0 Å². The minimum atomic E-state index is 0.232. The molecule has 3 rings (SSSR count). The number of rotatable bonds is 4. The average Bonchev–Trinajstić information content (AvgIpc) is 2.83. The molecule has 3 heteroatoms. The number of fused-ring (bicyclic) bond motifs is 1. The molecule has 0 radical (unpaired) electrons. The summed E-state index contributed by atoms with van der Waals surface area (Å²) in [7, 11) is 2.05. The Morgan fingerprint density at radius 2 is 1.90 bits per heavy atom. The minimum Gasteiger partial charge on any atom is -0.396 e. The molecule has 0 aliphatic rings. The molecule has 0 saturated heterocycles. The first-order valence-electron chi connectivity index (χ1n) is 6.91. The van der Waals surface area contributed by atoms with Gasteiger partial charge in [0.2, 0.25) is 0 Å². The van der Waals surface area contributed by atoms with Crippen molar-refractivity contribution < 1.29 is 5.11 Å². The summed E-state index contributed by atoms with van der Waals surface area (Å²) in [5.41, 5.74) is 4.51. The van der Waals surface area contributed by atoms with Crippen LogP contribution in [0.5, 0.6) is 0 Å². The normalized spacial score (nSPS) is 11.1. The highest BCUT2D eigenvalue weighted by Crippen LogP contribution is 2.24. The number of imidazole rings is 1. The molecule has 0 fully saturated rings.